The van der Waals surface area contributed by atoms with Crippen LogP contribution in [0, 0.1) is 0 Å². The summed E-state index contributed by atoms with van der Waals surface area (Å²) >= 11 is 0. The Morgan fingerprint density at radius 3 is 2.43 bits per heavy atom. The van der Waals surface area contributed by atoms with Gasteiger partial charge in [0.25, 0.3) is 8.32 Å². The molecule has 0 radical (unpaired) electrons. The summed E-state index contributed by atoms with van der Waals surface area (Å²) in [6.45, 7) is 5.94. The Balaban J connectivity index is 2.67. The van der Waals surface area contributed by atoms with Crippen molar-refractivity contribution >= 4 is 25.6 Å². The van der Waals surface area contributed by atoms with Crippen molar-refractivity contribution in [2.45, 2.75) is 38.9 Å². The fourth-order valence-corrected chi connectivity index (χ4v) is 1.47. The van der Waals surface area contributed by atoms with Gasteiger partial charge >= 0.3 is 0 Å². The van der Waals surface area contributed by atoms with E-state index >= 15 is 0 Å². The zero-order chi connectivity index (χ0) is 10.8. The second-order valence-electron chi connectivity index (χ2n) is 4.35. The standard InChI is InChI=1S/C9H15NO3Si/c1-14(2,3)13-10-7-5-4-6-8(11)9(7)12/h4-6H2,1-3H3/b10-7-. The Morgan fingerprint density at radius 1 is 1.21 bits per heavy atom. The largest absolute Gasteiger partial charge is 0.455 e. The number of carbonyl (C=O) groups excluding carboxylic acids is 2. The summed E-state index contributed by atoms with van der Waals surface area (Å²) in [4.78, 5) is 22.4. The molecule has 0 spiro atoms. The Morgan fingerprint density at radius 2 is 1.86 bits per heavy atom. The Bertz CT molecular complexity index is 291. The van der Waals surface area contributed by atoms with Crippen molar-refractivity contribution in [1.82, 2.24) is 0 Å². The van der Waals surface area contributed by atoms with Crippen LogP contribution in [0.15, 0.2) is 5.16 Å². The number of hydrogen-bond acceptors (Lipinski definition) is 4. The summed E-state index contributed by atoms with van der Waals surface area (Å²) in [6.07, 6.45) is 1.62. The molecule has 0 unspecified atom stereocenters. The first-order valence-corrected chi connectivity index (χ1v) is 8.13. The van der Waals surface area contributed by atoms with Crippen molar-refractivity contribution in [3.63, 3.8) is 0 Å². The SMILES string of the molecule is C[Si](C)(C)O/N=C1/CCCC(=O)C1=O. The van der Waals surface area contributed by atoms with Gasteiger partial charge in [-0.05, 0) is 32.5 Å². The van der Waals surface area contributed by atoms with Crippen LogP contribution in [0.5, 0.6) is 0 Å². The molecule has 0 aromatic carbocycles. The fourth-order valence-electron chi connectivity index (χ4n) is 1.08. The number of rotatable bonds is 2. The van der Waals surface area contributed by atoms with E-state index in [0.717, 1.165) is 0 Å². The minimum atomic E-state index is -1.74. The van der Waals surface area contributed by atoms with Crippen LogP contribution in [-0.4, -0.2) is 25.6 Å². The molecule has 0 aliphatic heterocycles. The average Bonchev–Trinajstić information content (AvgIpc) is 2.06. The number of ketones is 2. The van der Waals surface area contributed by atoms with Crippen molar-refractivity contribution in [1.29, 1.82) is 0 Å². The van der Waals surface area contributed by atoms with Crippen LogP contribution in [0.3, 0.4) is 0 Å². The molecule has 0 atom stereocenters. The Kier molecular flexibility index (Phi) is 3.20. The molecule has 0 amide bonds. The van der Waals surface area contributed by atoms with Crippen LogP contribution in [-0.2, 0) is 14.1 Å². The van der Waals surface area contributed by atoms with Crippen molar-refractivity contribution in [3.8, 4) is 0 Å². The lowest BCUT2D eigenvalue weighted by molar-refractivity contribution is -0.133. The molecular weight excluding hydrogens is 198 g/mol. The molecule has 5 heteroatoms. The molecule has 14 heavy (non-hydrogen) atoms. The van der Waals surface area contributed by atoms with E-state index in [4.69, 9.17) is 4.53 Å². The minimum Gasteiger partial charge on any atom is -0.455 e. The highest BCUT2D eigenvalue weighted by Gasteiger charge is 2.26. The number of hydrogen-bond donors (Lipinski definition) is 0. The fraction of sp³-hybridized carbons (Fsp3) is 0.667. The highest BCUT2D eigenvalue weighted by molar-refractivity contribution is 6.70. The first-order valence-electron chi connectivity index (χ1n) is 4.73. The van der Waals surface area contributed by atoms with E-state index in [2.05, 4.69) is 5.16 Å². The highest BCUT2D eigenvalue weighted by atomic mass is 28.4. The van der Waals surface area contributed by atoms with Crippen LogP contribution in [0.25, 0.3) is 0 Å². The van der Waals surface area contributed by atoms with Gasteiger partial charge in [0.15, 0.2) is 0 Å². The summed E-state index contributed by atoms with van der Waals surface area (Å²) in [6, 6.07) is 0. The number of oxime groups is 1. The van der Waals surface area contributed by atoms with Crippen molar-refractivity contribution in [2.75, 3.05) is 0 Å². The molecule has 0 saturated heterocycles. The molecule has 0 aromatic heterocycles. The smallest absolute Gasteiger partial charge is 0.278 e. The third kappa shape index (κ3) is 3.06. The molecule has 0 N–H and O–H groups in total. The van der Waals surface area contributed by atoms with Crippen molar-refractivity contribution in [2.24, 2.45) is 5.16 Å². The van der Waals surface area contributed by atoms with Gasteiger partial charge in [-0.3, -0.25) is 9.59 Å². The third-order valence-electron chi connectivity index (χ3n) is 1.76. The van der Waals surface area contributed by atoms with E-state index in [9.17, 15) is 9.59 Å². The maximum atomic E-state index is 11.3. The second-order valence-corrected chi connectivity index (χ2v) is 8.75. The molecule has 0 heterocycles. The van der Waals surface area contributed by atoms with Gasteiger partial charge in [0, 0.05) is 6.42 Å². The van der Waals surface area contributed by atoms with Crippen LogP contribution in [0.4, 0.5) is 0 Å². The predicted molar refractivity (Wildman–Crippen MR) is 55.7 cm³/mol. The average molecular weight is 213 g/mol. The zero-order valence-corrected chi connectivity index (χ0v) is 9.79. The van der Waals surface area contributed by atoms with Gasteiger partial charge in [-0.15, -0.1) is 5.16 Å². The first kappa shape index (κ1) is 11.1. The van der Waals surface area contributed by atoms with E-state index in [1.165, 1.54) is 0 Å². The third-order valence-corrected chi connectivity index (χ3v) is 2.40. The van der Waals surface area contributed by atoms with Crippen LogP contribution >= 0.6 is 0 Å². The summed E-state index contributed by atoms with van der Waals surface area (Å²) in [5.41, 5.74) is 0.295. The molecule has 1 aliphatic rings. The Hall–Kier alpha value is -0.973. The van der Waals surface area contributed by atoms with Crippen LogP contribution < -0.4 is 0 Å². The van der Waals surface area contributed by atoms with Gasteiger partial charge in [-0.2, -0.15) is 0 Å². The molecular formula is C9H15NO3Si. The number of carbonyl (C=O) groups is 2. The normalized spacial score (nSPS) is 21.5. The number of nitrogens with zero attached hydrogens (tertiary/aromatic N) is 1. The molecule has 78 valence electrons. The first-order chi connectivity index (χ1) is 6.40. The second kappa shape index (κ2) is 4.04. The van der Waals surface area contributed by atoms with Crippen LogP contribution in [0.2, 0.25) is 19.6 Å². The molecule has 1 rings (SSSR count). The van der Waals surface area contributed by atoms with E-state index < -0.39 is 14.1 Å². The van der Waals surface area contributed by atoms with E-state index in [1.807, 2.05) is 19.6 Å². The van der Waals surface area contributed by atoms with E-state index in [-0.39, 0.29) is 5.78 Å². The monoisotopic (exact) mass is 213 g/mol. The van der Waals surface area contributed by atoms with Gasteiger partial charge in [0.2, 0.25) is 11.6 Å². The number of Topliss-reactive ketones (excluding diaryl/α,β-unsaturated/α-hetero) is 2. The van der Waals surface area contributed by atoms with Gasteiger partial charge < -0.3 is 4.53 Å². The highest BCUT2D eigenvalue weighted by Crippen LogP contribution is 2.11. The van der Waals surface area contributed by atoms with Crippen molar-refractivity contribution in [3.05, 3.63) is 0 Å². The van der Waals surface area contributed by atoms with E-state index in [1.54, 1.807) is 0 Å². The molecule has 0 bridgehead atoms. The maximum absolute atomic E-state index is 11.3. The van der Waals surface area contributed by atoms with Gasteiger partial charge in [-0.1, -0.05) is 0 Å². The quantitative estimate of drug-likeness (QED) is 0.397. The zero-order valence-electron chi connectivity index (χ0n) is 8.79. The topological polar surface area (TPSA) is 55.7 Å². The molecule has 4 nitrogen and oxygen atoms in total. The van der Waals surface area contributed by atoms with Gasteiger partial charge in [0.1, 0.15) is 5.71 Å². The molecule has 0 aromatic rings. The summed E-state index contributed by atoms with van der Waals surface area (Å²) in [7, 11) is -1.74. The molecule has 1 saturated carbocycles. The summed E-state index contributed by atoms with van der Waals surface area (Å²) < 4.78 is 5.24. The molecule has 1 aliphatic carbocycles. The van der Waals surface area contributed by atoms with Crippen LogP contribution in [0.1, 0.15) is 19.3 Å². The molecule has 1 fully saturated rings. The van der Waals surface area contributed by atoms with Gasteiger partial charge in [0.05, 0.1) is 0 Å². The summed E-state index contributed by atoms with van der Waals surface area (Å²) in [5.74, 6) is -0.802. The lowest BCUT2D eigenvalue weighted by atomic mass is 9.96. The predicted octanol–water partition coefficient (Wildman–Crippen LogP) is 1.52. The minimum absolute atomic E-state index is 0.295. The lowest BCUT2D eigenvalue weighted by Crippen LogP contribution is -2.31. The van der Waals surface area contributed by atoms with Crippen molar-refractivity contribution < 1.29 is 14.1 Å². The van der Waals surface area contributed by atoms with E-state index in [0.29, 0.717) is 25.0 Å². The lowest BCUT2D eigenvalue weighted by Gasteiger charge is -2.16. The Labute approximate surface area is 84.4 Å². The van der Waals surface area contributed by atoms with Gasteiger partial charge in [-0.25, -0.2) is 0 Å². The summed E-state index contributed by atoms with van der Waals surface area (Å²) in [5, 5.41) is 3.79. The maximum Gasteiger partial charge on any atom is 0.278 e.